The largest absolute Gasteiger partial charge is 0.573 e. The highest BCUT2D eigenvalue weighted by molar-refractivity contribution is 5.85. The second kappa shape index (κ2) is 8.01. The van der Waals surface area contributed by atoms with Crippen LogP contribution in [0.4, 0.5) is 13.2 Å². The molecule has 160 valence electrons. The second-order valence-electron chi connectivity index (χ2n) is 6.35. The second-order valence-corrected chi connectivity index (χ2v) is 6.35. The average molecular weight is 434 g/mol. The molecule has 2 aromatic heterocycles. The third-order valence-corrected chi connectivity index (χ3v) is 4.17. The van der Waals surface area contributed by atoms with Crippen LogP contribution in [0.1, 0.15) is 28.6 Å². The Morgan fingerprint density at radius 2 is 1.81 bits per heavy atom. The molecule has 8 nitrogen and oxygen atoms in total. The number of furan rings is 1. The molecule has 3 heterocycles. The minimum atomic E-state index is -4.76. The average Bonchev–Trinajstić information content (AvgIpc) is 3.38. The van der Waals surface area contributed by atoms with Crippen molar-refractivity contribution in [3.8, 4) is 23.0 Å². The van der Waals surface area contributed by atoms with Gasteiger partial charge in [-0.05, 0) is 42.0 Å². The van der Waals surface area contributed by atoms with E-state index in [1.807, 2.05) is 0 Å². The molecule has 1 N–H and O–H groups in total. The molecule has 0 amide bonds. The number of carboxylic acids is 1. The predicted molar refractivity (Wildman–Crippen MR) is 98.5 cm³/mol. The summed E-state index contributed by atoms with van der Waals surface area (Å²) in [6, 6.07) is 11.3. The number of halogens is 3. The first-order valence-corrected chi connectivity index (χ1v) is 8.82. The van der Waals surface area contributed by atoms with Crippen molar-refractivity contribution in [3.63, 3.8) is 0 Å². The van der Waals surface area contributed by atoms with Crippen LogP contribution in [0.15, 0.2) is 64.3 Å². The number of aromatic nitrogens is 1. The summed E-state index contributed by atoms with van der Waals surface area (Å²) in [4.78, 5) is 20.3. The molecule has 0 saturated heterocycles. The van der Waals surface area contributed by atoms with Gasteiger partial charge in [0.2, 0.25) is 11.7 Å². The van der Waals surface area contributed by atoms with Gasteiger partial charge in [-0.3, -0.25) is 0 Å². The third kappa shape index (κ3) is 4.94. The van der Waals surface area contributed by atoms with E-state index in [0.29, 0.717) is 22.8 Å². The summed E-state index contributed by atoms with van der Waals surface area (Å²) < 4.78 is 51.4. The van der Waals surface area contributed by atoms with Gasteiger partial charge in [0.15, 0.2) is 11.9 Å². The number of carboxylic acid groups (broad SMARTS) is 1. The topological polar surface area (TPSA) is 103 Å². The Kier molecular flexibility index (Phi) is 5.24. The number of aromatic carboxylic acids is 1. The highest BCUT2D eigenvalue weighted by Crippen LogP contribution is 2.31. The fourth-order valence-corrected chi connectivity index (χ4v) is 2.79. The fourth-order valence-electron chi connectivity index (χ4n) is 2.79. The van der Waals surface area contributed by atoms with Gasteiger partial charge in [0.05, 0.1) is 12.6 Å². The molecule has 0 radical (unpaired) electrons. The SMILES string of the molecule is O=C(O)c1ccc(-c2ccc(OC3=NOC(c4ccc(OC(F)(F)F)cc4)C3)cn2)o1. The maximum Gasteiger partial charge on any atom is 0.573 e. The Balaban J connectivity index is 1.35. The number of hydrogen-bond acceptors (Lipinski definition) is 7. The van der Waals surface area contributed by atoms with Gasteiger partial charge in [0, 0.05) is 0 Å². The summed E-state index contributed by atoms with van der Waals surface area (Å²) in [6.45, 7) is 0. The van der Waals surface area contributed by atoms with Crippen molar-refractivity contribution in [1.82, 2.24) is 4.98 Å². The lowest BCUT2D eigenvalue weighted by molar-refractivity contribution is -0.274. The minimum Gasteiger partial charge on any atom is -0.475 e. The smallest absolute Gasteiger partial charge is 0.475 e. The van der Waals surface area contributed by atoms with Crippen LogP contribution < -0.4 is 9.47 Å². The first-order valence-electron chi connectivity index (χ1n) is 8.82. The van der Waals surface area contributed by atoms with E-state index in [-0.39, 0.29) is 23.8 Å². The number of pyridine rings is 1. The zero-order valence-electron chi connectivity index (χ0n) is 15.5. The lowest BCUT2D eigenvalue weighted by Crippen LogP contribution is -2.17. The summed E-state index contributed by atoms with van der Waals surface area (Å²) in [7, 11) is 0. The number of alkyl halides is 3. The van der Waals surface area contributed by atoms with E-state index >= 15 is 0 Å². The maximum absolute atomic E-state index is 12.2. The zero-order chi connectivity index (χ0) is 22.0. The Bertz CT molecular complexity index is 1110. The summed E-state index contributed by atoms with van der Waals surface area (Å²) in [5, 5.41) is 12.7. The standard InChI is InChI=1S/C20H13F3N2O6/c21-20(22,23)30-12-3-1-11(2-4-12)17-9-18(25-31-17)28-13-5-6-14(24-10-13)15-7-8-16(29-15)19(26)27/h1-8,10,17H,9H2,(H,26,27). The van der Waals surface area contributed by atoms with Gasteiger partial charge < -0.3 is 23.8 Å². The van der Waals surface area contributed by atoms with Crippen LogP contribution >= 0.6 is 0 Å². The molecule has 0 spiro atoms. The molecule has 0 fully saturated rings. The van der Waals surface area contributed by atoms with Crippen LogP contribution in [0.2, 0.25) is 0 Å². The normalized spacial score (nSPS) is 15.8. The van der Waals surface area contributed by atoms with E-state index in [4.69, 9.17) is 19.1 Å². The number of ether oxygens (including phenoxy) is 2. The first-order chi connectivity index (χ1) is 14.8. The van der Waals surface area contributed by atoms with Crippen LogP contribution in [-0.4, -0.2) is 28.3 Å². The van der Waals surface area contributed by atoms with E-state index in [1.54, 1.807) is 12.1 Å². The van der Waals surface area contributed by atoms with Crippen LogP contribution in [-0.2, 0) is 4.84 Å². The molecule has 1 aliphatic heterocycles. The van der Waals surface area contributed by atoms with Gasteiger partial charge in [-0.25, -0.2) is 9.78 Å². The van der Waals surface area contributed by atoms with Crippen molar-refractivity contribution >= 4 is 11.9 Å². The number of rotatable bonds is 5. The Morgan fingerprint density at radius 3 is 2.42 bits per heavy atom. The van der Waals surface area contributed by atoms with Crippen LogP contribution in [0.3, 0.4) is 0 Å². The molecular formula is C20H13F3N2O6. The molecule has 1 atom stereocenters. The Hall–Kier alpha value is -4.02. The number of nitrogens with zero attached hydrogens (tertiary/aromatic N) is 2. The Morgan fingerprint density at radius 1 is 1.06 bits per heavy atom. The molecule has 0 bridgehead atoms. The summed E-state index contributed by atoms with van der Waals surface area (Å²) in [6.07, 6.45) is -3.59. The van der Waals surface area contributed by atoms with E-state index in [1.165, 1.54) is 42.6 Å². The molecule has 11 heteroatoms. The monoisotopic (exact) mass is 434 g/mol. The van der Waals surface area contributed by atoms with E-state index in [2.05, 4.69) is 14.9 Å². The molecule has 0 saturated carbocycles. The van der Waals surface area contributed by atoms with Gasteiger partial charge in [-0.2, -0.15) is 0 Å². The first kappa shape index (κ1) is 20.3. The Labute approximate surface area is 172 Å². The van der Waals surface area contributed by atoms with E-state index in [0.717, 1.165) is 0 Å². The highest BCUT2D eigenvalue weighted by Gasteiger charge is 2.31. The van der Waals surface area contributed by atoms with Gasteiger partial charge in [0.1, 0.15) is 17.2 Å². The van der Waals surface area contributed by atoms with Crippen molar-refractivity contribution in [3.05, 3.63) is 66.1 Å². The molecular weight excluding hydrogens is 421 g/mol. The number of benzene rings is 1. The quantitative estimate of drug-likeness (QED) is 0.616. The molecule has 1 unspecified atom stereocenters. The predicted octanol–water partition coefficient (Wildman–Crippen LogP) is 4.79. The fraction of sp³-hybridized carbons (Fsp3) is 0.150. The van der Waals surface area contributed by atoms with Crippen molar-refractivity contribution in [2.45, 2.75) is 18.9 Å². The van der Waals surface area contributed by atoms with Crippen LogP contribution in [0.5, 0.6) is 11.5 Å². The summed E-state index contributed by atoms with van der Waals surface area (Å²) >= 11 is 0. The molecule has 3 aromatic rings. The van der Waals surface area contributed by atoms with Gasteiger partial charge in [-0.15, -0.1) is 13.2 Å². The molecule has 1 aromatic carbocycles. The van der Waals surface area contributed by atoms with Crippen molar-refractivity contribution in [1.29, 1.82) is 0 Å². The van der Waals surface area contributed by atoms with Gasteiger partial charge in [0.25, 0.3) is 0 Å². The lowest BCUT2D eigenvalue weighted by Gasteiger charge is -2.11. The van der Waals surface area contributed by atoms with Crippen LogP contribution in [0.25, 0.3) is 11.5 Å². The van der Waals surface area contributed by atoms with Crippen molar-refractivity contribution < 1.29 is 41.8 Å². The molecule has 1 aliphatic rings. The van der Waals surface area contributed by atoms with E-state index < -0.39 is 18.4 Å². The van der Waals surface area contributed by atoms with Crippen molar-refractivity contribution in [2.75, 3.05) is 0 Å². The summed E-state index contributed by atoms with van der Waals surface area (Å²) in [5.74, 6) is -0.776. The minimum absolute atomic E-state index is 0.196. The number of oxime groups is 1. The number of hydrogen-bond donors (Lipinski definition) is 1. The number of carbonyl (C=O) groups is 1. The van der Waals surface area contributed by atoms with Gasteiger partial charge >= 0.3 is 12.3 Å². The van der Waals surface area contributed by atoms with E-state index in [9.17, 15) is 18.0 Å². The zero-order valence-corrected chi connectivity index (χ0v) is 15.5. The van der Waals surface area contributed by atoms with Crippen LogP contribution in [0, 0.1) is 0 Å². The molecule has 0 aliphatic carbocycles. The molecule has 31 heavy (non-hydrogen) atoms. The van der Waals surface area contributed by atoms with Crippen molar-refractivity contribution in [2.24, 2.45) is 5.16 Å². The maximum atomic E-state index is 12.2. The van der Waals surface area contributed by atoms with Gasteiger partial charge in [-0.1, -0.05) is 17.3 Å². The lowest BCUT2D eigenvalue weighted by atomic mass is 10.1. The third-order valence-electron chi connectivity index (χ3n) is 4.17. The molecule has 4 rings (SSSR count). The summed E-state index contributed by atoms with van der Waals surface area (Å²) in [5.41, 5.74) is 1.03. The highest BCUT2D eigenvalue weighted by atomic mass is 19.4.